The Morgan fingerprint density at radius 1 is 1.25 bits per heavy atom. The number of nitrogens with one attached hydrogen (secondary N) is 1. The second kappa shape index (κ2) is 6.10. The summed E-state index contributed by atoms with van der Waals surface area (Å²) in [5.74, 6) is 0.125. The van der Waals surface area contributed by atoms with Crippen LogP contribution >= 0.6 is 0 Å². The molecule has 20 heavy (non-hydrogen) atoms. The molecule has 0 saturated carbocycles. The molecule has 6 heteroatoms. The second-order valence-electron chi connectivity index (χ2n) is 6.02. The van der Waals surface area contributed by atoms with Crippen LogP contribution in [0.1, 0.15) is 20.3 Å². The Labute approximate surface area is 121 Å². The topological polar surface area (TPSA) is 55.9 Å². The van der Waals surface area contributed by atoms with Crippen LogP contribution in [0.15, 0.2) is 0 Å². The molecule has 0 radical (unpaired) electrons. The first-order valence-electron chi connectivity index (χ1n) is 7.47. The van der Waals surface area contributed by atoms with Crippen LogP contribution in [0.25, 0.3) is 0 Å². The highest BCUT2D eigenvalue weighted by atomic mass is 16.2. The maximum absolute atomic E-state index is 12.4. The monoisotopic (exact) mass is 282 g/mol. The summed E-state index contributed by atoms with van der Waals surface area (Å²) in [5, 5.41) is 3.26. The first-order valence-corrected chi connectivity index (χ1v) is 7.47. The summed E-state index contributed by atoms with van der Waals surface area (Å²) in [7, 11) is 2.06. The lowest BCUT2D eigenvalue weighted by molar-refractivity contribution is -0.147. The van der Waals surface area contributed by atoms with Crippen molar-refractivity contribution in [2.45, 2.75) is 25.8 Å². The summed E-state index contributed by atoms with van der Waals surface area (Å²) >= 11 is 0. The van der Waals surface area contributed by atoms with Crippen molar-refractivity contribution in [1.29, 1.82) is 0 Å². The van der Waals surface area contributed by atoms with Gasteiger partial charge in [0.25, 0.3) is 0 Å². The van der Waals surface area contributed by atoms with E-state index in [9.17, 15) is 9.59 Å². The van der Waals surface area contributed by atoms with Gasteiger partial charge in [0.2, 0.25) is 11.8 Å². The van der Waals surface area contributed by atoms with Gasteiger partial charge < -0.3 is 20.0 Å². The number of hydrogen-bond donors (Lipinski definition) is 1. The number of carbonyl (C=O) groups excluding carboxylic acids is 2. The molecular formula is C14H26N4O2. The lowest BCUT2D eigenvalue weighted by Gasteiger charge is -2.41. The van der Waals surface area contributed by atoms with Crippen LogP contribution in [0.2, 0.25) is 0 Å². The molecule has 2 amide bonds. The van der Waals surface area contributed by atoms with E-state index >= 15 is 0 Å². The SMILES string of the molecule is CCC1(C)NCCN(CC(=O)N2CCN(C)CC2)C1=O. The van der Waals surface area contributed by atoms with Crippen molar-refractivity contribution in [2.75, 3.05) is 52.9 Å². The van der Waals surface area contributed by atoms with Gasteiger partial charge in [-0.05, 0) is 20.4 Å². The molecule has 114 valence electrons. The van der Waals surface area contributed by atoms with Crippen LogP contribution in [0, 0.1) is 0 Å². The van der Waals surface area contributed by atoms with E-state index in [0.29, 0.717) is 6.54 Å². The third-order valence-electron chi connectivity index (χ3n) is 4.55. The van der Waals surface area contributed by atoms with Crippen molar-refractivity contribution in [1.82, 2.24) is 20.0 Å². The highest BCUT2D eigenvalue weighted by Crippen LogP contribution is 2.17. The second-order valence-corrected chi connectivity index (χ2v) is 6.02. The van der Waals surface area contributed by atoms with E-state index in [1.807, 2.05) is 18.7 Å². The average molecular weight is 282 g/mol. The van der Waals surface area contributed by atoms with E-state index in [4.69, 9.17) is 0 Å². The molecule has 6 nitrogen and oxygen atoms in total. The van der Waals surface area contributed by atoms with E-state index in [2.05, 4.69) is 17.3 Å². The zero-order valence-electron chi connectivity index (χ0n) is 12.8. The van der Waals surface area contributed by atoms with Crippen LogP contribution in [-0.2, 0) is 9.59 Å². The Morgan fingerprint density at radius 2 is 1.90 bits per heavy atom. The van der Waals surface area contributed by atoms with Crippen LogP contribution in [0.4, 0.5) is 0 Å². The molecule has 0 spiro atoms. The molecule has 1 unspecified atom stereocenters. The summed E-state index contributed by atoms with van der Waals surface area (Å²) in [6.07, 6.45) is 0.741. The van der Waals surface area contributed by atoms with Gasteiger partial charge in [0.15, 0.2) is 0 Å². The van der Waals surface area contributed by atoms with Crippen LogP contribution in [0.3, 0.4) is 0 Å². The fourth-order valence-corrected chi connectivity index (χ4v) is 2.74. The summed E-state index contributed by atoms with van der Waals surface area (Å²) in [6, 6.07) is 0. The number of nitrogens with zero attached hydrogens (tertiary/aromatic N) is 3. The first kappa shape index (κ1) is 15.3. The molecule has 0 aromatic carbocycles. The summed E-state index contributed by atoms with van der Waals surface area (Å²) in [4.78, 5) is 30.5. The van der Waals surface area contributed by atoms with Crippen LogP contribution in [-0.4, -0.2) is 84.9 Å². The van der Waals surface area contributed by atoms with Crippen molar-refractivity contribution >= 4 is 11.8 Å². The van der Waals surface area contributed by atoms with Crippen molar-refractivity contribution in [3.8, 4) is 0 Å². The van der Waals surface area contributed by atoms with Gasteiger partial charge in [-0.1, -0.05) is 6.92 Å². The number of rotatable bonds is 3. The van der Waals surface area contributed by atoms with Crippen molar-refractivity contribution in [3.05, 3.63) is 0 Å². The largest absolute Gasteiger partial charge is 0.339 e. The third-order valence-corrected chi connectivity index (χ3v) is 4.55. The number of likely N-dealkylation sites (N-methyl/N-ethyl adjacent to an activating group) is 1. The standard InChI is InChI=1S/C14H26N4O2/c1-4-14(2)13(20)18(6-5-15-14)11-12(19)17-9-7-16(3)8-10-17/h15H,4-11H2,1-3H3. The maximum atomic E-state index is 12.4. The third kappa shape index (κ3) is 3.12. The molecule has 0 aromatic heterocycles. The number of hydrogen-bond acceptors (Lipinski definition) is 4. The van der Waals surface area contributed by atoms with Crippen molar-refractivity contribution in [2.24, 2.45) is 0 Å². The molecule has 0 aliphatic carbocycles. The Hall–Kier alpha value is -1.14. The molecule has 2 aliphatic heterocycles. The molecular weight excluding hydrogens is 256 g/mol. The fraction of sp³-hybridized carbons (Fsp3) is 0.857. The van der Waals surface area contributed by atoms with E-state index in [0.717, 1.165) is 39.1 Å². The molecule has 0 aromatic rings. The Bertz CT molecular complexity index is 379. The minimum absolute atomic E-state index is 0.0497. The van der Waals surface area contributed by atoms with Gasteiger partial charge in [-0.15, -0.1) is 0 Å². The lowest BCUT2D eigenvalue weighted by Crippen LogP contribution is -2.64. The molecule has 2 heterocycles. The van der Waals surface area contributed by atoms with Crippen molar-refractivity contribution < 1.29 is 9.59 Å². The van der Waals surface area contributed by atoms with Crippen LogP contribution in [0.5, 0.6) is 0 Å². The summed E-state index contributed by atoms with van der Waals surface area (Å²) in [5.41, 5.74) is -0.513. The number of piperazine rings is 2. The lowest BCUT2D eigenvalue weighted by atomic mass is 9.94. The zero-order chi connectivity index (χ0) is 14.8. The normalized spacial score (nSPS) is 28.9. The minimum Gasteiger partial charge on any atom is -0.339 e. The van der Waals surface area contributed by atoms with E-state index in [1.165, 1.54) is 0 Å². The van der Waals surface area contributed by atoms with Gasteiger partial charge in [-0.2, -0.15) is 0 Å². The Morgan fingerprint density at radius 3 is 2.50 bits per heavy atom. The molecule has 0 bridgehead atoms. The van der Waals surface area contributed by atoms with Gasteiger partial charge in [-0.25, -0.2) is 0 Å². The fourth-order valence-electron chi connectivity index (χ4n) is 2.74. The molecule has 2 aliphatic rings. The average Bonchev–Trinajstić information content (AvgIpc) is 2.44. The predicted octanol–water partition coefficient (Wildman–Crippen LogP) is -0.639. The highest BCUT2D eigenvalue weighted by molar-refractivity contribution is 5.90. The molecule has 1 atom stereocenters. The first-order chi connectivity index (χ1) is 9.46. The van der Waals surface area contributed by atoms with E-state index < -0.39 is 5.54 Å². The Kier molecular flexibility index (Phi) is 4.65. The van der Waals surface area contributed by atoms with Gasteiger partial charge in [0.1, 0.15) is 0 Å². The molecule has 2 rings (SSSR count). The maximum Gasteiger partial charge on any atom is 0.243 e. The van der Waals surface area contributed by atoms with Crippen molar-refractivity contribution in [3.63, 3.8) is 0 Å². The van der Waals surface area contributed by atoms with E-state index in [1.54, 1.807) is 4.90 Å². The summed E-state index contributed by atoms with van der Waals surface area (Å²) in [6.45, 7) is 8.86. The Balaban J connectivity index is 1.92. The minimum atomic E-state index is -0.513. The van der Waals surface area contributed by atoms with Gasteiger partial charge in [0, 0.05) is 39.3 Å². The quantitative estimate of drug-likeness (QED) is 0.748. The summed E-state index contributed by atoms with van der Waals surface area (Å²) < 4.78 is 0. The smallest absolute Gasteiger partial charge is 0.243 e. The zero-order valence-corrected chi connectivity index (χ0v) is 12.8. The van der Waals surface area contributed by atoms with Gasteiger partial charge in [0.05, 0.1) is 12.1 Å². The molecule has 2 saturated heterocycles. The van der Waals surface area contributed by atoms with Gasteiger partial charge >= 0.3 is 0 Å². The molecule has 1 N–H and O–H groups in total. The number of amides is 2. The predicted molar refractivity (Wildman–Crippen MR) is 77.4 cm³/mol. The molecule has 2 fully saturated rings. The van der Waals surface area contributed by atoms with Crippen LogP contribution < -0.4 is 5.32 Å². The number of carbonyl (C=O) groups is 2. The van der Waals surface area contributed by atoms with Gasteiger partial charge in [-0.3, -0.25) is 9.59 Å². The van der Waals surface area contributed by atoms with E-state index in [-0.39, 0.29) is 18.4 Å². The highest BCUT2D eigenvalue weighted by Gasteiger charge is 2.39.